The second kappa shape index (κ2) is 6.47. The molecule has 0 spiro atoms. The molecule has 0 bridgehead atoms. The average molecular weight is 291 g/mol. The lowest BCUT2D eigenvalue weighted by atomic mass is 10.2. The molecule has 2 N–H and O–H groups in total. The minimum absolute atomic E-state index is 0.452. The van der Waals surface area contributed by atoms with E-state index in [-0.39, 0.29) is 0 Å². The molecule has 2 heterocycles. The van der Waals surface area contributed by atoms with Gasteiger partial charge in [-0.15, -0.1) is 0 Å². The van der Waals surface area contributed by atoms with Crippen LogP contribution in [0.5, 0.6) is 5.75 Å². The van der Waals surface area contributed by atoms with Crippen LogP contribution < -0.4 is 15.4 Å². The highest BCUT2D eigenvalue weighted by atomic mass is 16.5. The van der Waals surface area contributed by atoms with E-state index in [1.54, 1.807) is 13.4 Å². The molecule has 1 saturated heterocycles. The van der Waals surface area contributed by atoms with Crippen LogP contribution >= 0.6 is 0 Å². The molecule has 1 unspecified atom stereocenters. The first-order chi connectivity index (χ1) is 10.3. The Labute approximate surface area is 126 Å². The predicted molar refractivity (Wildman–Crippen MR) is 84.0 cm³/mol. The van der Waals surface area contributed by atoms with Crippen LogP contribution in [0.1, 0.15) is 32.6 Å². The molecule has 0 amide bonds. The van der Waals surface area contributed by atoms with E-state index in [0.717, 1.165) is 42.9 Å². The highest BCUT2D eigenvalue weighted by molar-refractivity contribution is 5.63. The molecule has 6 heteroatoms. The molecule has 1 aliphatic heterocycles. The van der Waals surface area contributed by atoms with Crippen molar-refractivity contribution >= 4 is 11.6 Å². The maximum atomic E-state index is 5.51. The number of likely N-dealkylation sites (tertiary alicyclic amines) is 1. The molecular weight excluding hydrogens is 266 g/mol. The number of methoxy groups -OCH3 is 1. The van der Waals surface area contributed by atoms with Gasteiger partial charge in [0.25, 0.3) is 0 Å². The largest absolute Gasteiger partial charge is 0.490 e. The summed E-state index contributed by atoms with van der Waals surface area (Å²) in [5, 5.41) is 6.82. The van der Waals surface area contributed by atoms with Crippen LogP contribution in [-0.2, 0) is 0 Å². The van der Waals surface area contributed by atoms with Crippen molar-refractivity contribution in [1.82, 2.24) is 14.9 Å². The van der Waals surface area contributed by atoms with Crippen molar-refractivity contribution in [3.05, 3.63) is 6.33 Å². The maximum absolute atomic E-state index is 5.51. The van der Waals surface area contributed by atoms with Crippen molar-refractivity contribution in [2.24, 2.45) is 0 Å². The second-order valence-corrected chi connectivity index (χ2v) is 5.89. The third-order valence-electron chi connectivity index (χ3n) is 4.17. The van der Waals surface area contributed by atoms with Crippen LogP contribution in [0.3, 0.4) is 0 Å². The van der Waals surface area contributed by atoms with Crippen molar-refractivity contribution < 1.29 is 4.74 Å². The van der Waals surface area contributed by atoms with E-state index < -0.39 is 0 Å². The first-order valence-electron chi connectivity index (χ1n) is 7.95. The highest BCUT2D eigenvalue weighted by Crippen LogP contribution is 2.33. The molecule has 21 heavy (non-hydrogen) atoms. The monoisotopic (exact) mass is 291 g/mol. The zero-order valence-corrected chi connectivity index (χ0v) is 12.9. The topological polar surface area (TPSA) is 62.3 Å². The molecule has 1 saturated carbocycles. The highest BCUT2D eigenvalue weighted by Gasteiger charge is 2.34. The molecule has 0 radical (unpaired) electrons. The van der Waals surface area contributed by atoms with Gasteiger partial charge in [-0.2, -0.15) is 0 Å². The molecule has 1 aliphatic carbocycles. The number of rotatable bonds is 7. The average Bonchev–Trinajstić information content (AvgIpc) is 3.25. The van der Waals surface area contributed by atoms with Gasteiger partial charge in [-0.1, -0.05) is 6.92 Å². The van der Waals surface area contributed by atoms with Crippen molar-refractivity contribution in [3.8, 4) is 5.75 Å². The summed E-state index contributed by atoms with van der Waals surface area (Å²) in [5.74, 6) is 2.29. The lowest BCUT2D eigenvalue weighted by molar-refractivity contribution is 0.326. The van der Waals surface area contributed by atoms with Gasteiger partial charge in [0.05, 0.1) is 7.11 Å². The molecule has 3 rings (SSSR count). The van der Waals surface area contributed by atoms with Gasteiger partial charge in [0.1, 0.15) is 6.33 Å². The van der Waals surface area contributed by atoms with Gasteiger partial charge in [0.2, 0.25) is 5.75 Å². The molecule has 6 nitrogen and oxygen atoms in total. The Morgan fingerprint density at radius 1 is 1.29 bits per heavy atom. The van der Waals surface area contributed by atoms with Crippen LogP contribution in [0.4, 0.5) is 11.6 Å². The summed E-state index contributed by atoms with van der Waals surface area (Å²) in [6.07, 6.45) is 6.55. The van der Waals surface area contributed by atoms with E-state index in [1.165, 1.54) is 25.8 Å². The first kappa shape index (κ1) is 14.4. The summed E-state index contributed by atoms with van der Waals surface area (Å²) in [6.45, 7) is 5.31. The fourth-order valence-corrected chi connectivity index (χ4v) is 2.91. The van der Waals surface area contributed by atoms with Crippen LogP contribution in [0.15, 0.2) is 6.33 Å². The molecule has 0 aromatic carbocycles. The summed E-state index contributed by atoms with van der Waals surface area (Å²) in [6, 6.07) is 1.29. The number of anilines is 2. The fourth-order valence-electron chi connectivity index (χ4n) is 2.91. The molecule has 1 aromatic heterocycles. The molecule has 1 atom stereocenters. The van der Waals surface area contributed by atoms with E-state index in [0.29, 0.717) is 6.04 Å². The van der Waals surface area contributed by atoms with E-state index in [9.17, 15) is 0 Å². The second-order valence-electron chi connectivity index (χ2n) is 5.89. The summed E-state index contributed by atoms with van der Waals surface area (Å²) in [4.78, 5) is 11.2. The van der Waals surface area contributed by atoms with Crippen LogP contribution in [0, 0.1) is 0 Å². The number of aromatic nitrogens is 2. The molecule has 2 aliphatic rings. The van der Waals surface area contributed by atoms with Crippen LogP contribution in [0.2, 0.25) is 0 Å². The SMILES string of the molecule is CCCNc1ncnc(NC2CCN(C3CC3)C2)c1OC. The quantitative estimate of drug-likeness (QED) is 0.801. The van der Waals surface area contributed by atoms with E-state index in [1.807, 2.05) is 0 Å². The van der Waals surface area contributed by atoms with Gasteiger partial charge in [0, 0.05) is 31.7 Å². The Morgan fingerprint density at radius 2 is 2.10 bits per heavy atom. The summed E-state index contributed by atoms with van der Waals surface area (Å²) in [7, 11) is 1.67. The van der Waals surface area contributed by atoms with Crippen molar-refractivity contribution in [1.29, 1.82) is 0 Å². The van der Waals surface area contributed by atoms with Crippen molar-refractivity contribution in [2.45, 2.75) is 44.7 Å². The van der Waals surface area contributed by atoms with E-state index in [4.69, 9.17) is 4.74 Å². The van der Waals surface area contributed by atoms with Gasteiger partial charge in [-0.3, -0.25) is 4.90 Å². The Morgan fingerprint density at radius 3 is 2.81 bits per heavy atom. The lowest BCUT2D eigenvalue weighted by Gasteiger charge is -2.18. The van der Waals surface area contributed by atoms with E-state index >= 15 is 0 Å². The third kappa shape index (κ3) is 3.37. The summed E-state index contributed by atoms with van der Waals surface area (Å²) in [5.41, 5.74) is 0. The number of hydrogen-bond acceptors (Lipinski definition) is 6. The standard InChI is InChI=1S/C15H25N5O/c1-3-7-16-14-13(21-2)15(18-10-17-14)19-11-6-8-20(9-11)12-4-5-12/h10-12H,3-9H2,1-2H3,(H2,16,17,18,19). The molecule has 1 aromatic rings. The first-order valence-corrected chi connectivity index (χ1v) is 7.95. The van der Waals surface area contributed by atoms with Gasteiger partial charge < -0.3 is 15.4 Å². The smallest absolute Gasteiger partial charge is 0.204 e. The predicted octanol–water partition coefficient (Wildman–Crippen LogP) is 1.96. The van der Waals surface area contributed by atoms with E-state index in [2.05, 4.69) is 32.4 Å². The number of ether oxygens (including phenoxy) is 1. The number of hydrogen-bond donors (Lipinski definition) is 2. The molecule has 116 valence electrons. The third-order valence-corrected chi connectivity index (χ3v) is 4.17. The molecular formula is C15H25N5O. The Hall–Kier alpha value is -1.56. The Bertz CT molecular complexity index is 477. The maximum Gasteiger partial charge on any atom is 0.204 e. The molecule has 2 fully saturated rings. The normalized spacial score (nSPS) is 22.3. The minimum atomic E-state index is 0.452. The minimum Gasteiger partial charge on any atom is -0.490 e. The lowest BCUT2D eigenvalue weighted by Crippen LogP contribution is -2.28. The van der Waals surface area contributed by atoms with Crippen LogP contribution in [-0.4, -0.2) is 53.7 Å². The summed E-state index contributed by atoms with van der Waals surface area (Å²) < 4.78 is 5.51. The van der Waals surface area contributed by atoms with Gasteiger partial charge >= 0.3 is 0 Å². The zero-order valence-electron chi connectivity index (χ0n) is 12.9. The van der Waals surface area contributed by atoms with Gasteiger partial charge in [0.15, 0.2) is 11.6 Å². The van der Waals surface area contributed by atoms with Crippen LogP contribution in [0.25, 0.3) is 0 Å². The zero-order chi connectivity index (χ0) is 14.7. The summed E-state index contributed by atoms with van der Waals surface area (Å²) >= 11 is 0. The van der Waals surface area contributed by atoms with Gasteiger partial charge in [-0.05, 0) is 25.7 Å². The Balaban J connectivity index is 1.66. The van der Waals surface area contributed by atoms with Crippen molar-refractivity contribution in [3.63, 3.8) is 0 Å². The number of nitrogens with one attached hydrogen (secondary N) is 2. The number of nitrogens with zero attached hydrogens (tertiary/aromatic N) is 3. The van der Waals surface area contributed by atoms with Crippen molar-refractivity contribution in [2.75, 3.05) is 37.4 Å². The fraction of sp³-hybridized carbons (Fsp3) is 0.733. The Kier molecular flexibility index (Phi) is 4.43. The van der Waals surface area contributed by atoms with Gasteiger partial charge in [-0.25, -0.2) is 9.97 Å².